The van der Waals surface area contributed by atoms with Crippen LogP contribution in [-0.2, 0) is 19.0 Å². The van der Waals surface area contributed by atoms with E-state index in [-0.39, 0.29) is 15.4 Å². The van der Waals surface area contributed by atoms with Gasteiger partial charge in [-0.05, 0) is 44.4 Å². The van der Waals surface area contributed by atoms with Gasteiger partial charge in [-0.3, -0.25) is 4.79 Å². The number of hydrogen-bond donors (Lipinski definition) is 1. The van der Waals surface area contributed by atoms with E-state index >= 15 is 0 Å². The Labute approximate surface area is 178 Å². The zero-order valence-corrected chi connectivity index (χ0v) is 18.4. The van der Waals surface area contributed by atoms with E-state index in [2.05, 4.69) is 5.32 Å². The molecule has 2 rings (SSSR count). The van der Waals surface area contributed by atoms with Crippen LogP contribution in [0.4, 0.5) is 5.00 Å². The quantitative estimate of drug-likeness (QED) is 0.550. The summed E-state index contributed by atoms with van der Waals surface area (Å²) < 4.78 is 14.6. The van der Waals surface area contributed by atoms with Crippen LogP contribution in [0.5, 0.6) is 0 Å². The predicted octanol–water partition coefficient (Wildman–Crippen LogP) is 3.35. The number of methoxy groups -OCH3 is 2. The van der Waals surface area contributed by atoms with E-state index in [0.717, 1.165) is 28.0 Å². The van der Waals surface area contributed by atoms with Crippen LogP contribution in [0.15, 0.2) is 12.1 Å². The van der Waals surface area contributed by atoms with Crippen LogP contribution < -0.4 is 5.32 Å². The van der Waals surface area contributed by atoms with E-state index in [9.17, 15) is 19.2 Å². The highest BCUT2D eigenvalue weighted by atomic mass is 32.1. The number of benzene rings is 1. The predicted molar refractivity (Wildman–Crippen MR) is 111 cm³/mol. The highest BCUT2D eigenvalue weighted by Gasteiger charge is 2.27. The highest BCUT2D eigenvalue weighted by Crippen LogP contribution is 2.34. The number of carbonyl (C=O) groups is 4. The van der Waals surface area contributed by atoms with Crippen LogP contribution in [0.25, 0.3) is 0 Å². The molecule has 1 heterocycles. The highest BCUT2D eigenvalue weighted by molar-refractivity contribution is 7.18. The molecule has 0 saturated carbocycles. The summed E-state index contributed by atoms with van der Waals surface area (Å²) in [7, 11) is 2.41. The number of amides is 1. The van der Waals surface area contributed by atoms with Gasteiger partial charge in [0.25, 0.3) is 5.91 Å². The molecule has 0 fully saturated rings. The van der Waals surface area contributed by atoms with Crippen molar-refractivity contribution in [2.24, 2.45) is 0 Å². The van der Waals surface area contributed by atoms with Crippen molar-refractivity contribution in [1.82, 2.24) is 0 Å². The second-order valence-electron chi connectivity index (χ2n) is 6.64. The van der Waals surface area contributed by atoms with Crippen molar-refractivity contribution in [3.63, 3.8) is 0 Å². The monoisotopic (exact) mass is 433 g/mol. The van der Waals surface area contributed by atoms with Crippen LogP contribution in [-0.4, -0.2) is 44.6 Å². The number of ether oxygens (including phenoxy) is 3. The summed E-state index contributed by atoms with van der Waals surface area (Å²) in [6.45, 7) is 6.50. The van der Waals surface area contributed by atoms with E-state index < -0.39 is 30.4 Å². The van der Waals surface area contributed by atoms with Crippen molar-refractivity contribution >= 4 is 40.2 Å². The Bertz CT molecular complexity index is 1000. The Morgan fingerprint density at radius 2 is 1.43 bits per heavy atom. The van der Waals surface area contributed by atoms with E-state index in [1.54, 1.807) is 20.8 Å². The molecule has 1 amide bonds. The lowest BCUT2D eigenvalue weighted by Gasteiger charge is -2.11. The van der Waals surface area contributed by atoms with Gasteiger partial charge < -0.3 is 19.5 Å². The molecule has 0 atom stereocenters. The van der Waals surface area contributed by atoms with E-state index in [1.807, 2.05) is 19.1 Å². The summed E-state index contributed by atoms with van der Waals surface area (Å²) in [5.41, 5.74) is 3.31. The topological polar surface area (TPSA) is 108 Å². The fraction of sp³-hybridized carbons (Fsp3) is 0.333. The summed E-state index contributed by atoms with van der Waals surface area (Å²) in [4.78, 5) is 49.0. The zero-order chi connectivity index (χ0) is 22.6. The molecule has 0 spiro atoms. The van der Waals surface area contributed by atoms with Gasteiger partial charge in [0.05, 0.1) is 25.3 Å². The number of aryl methyl sites for hydroxylation is 3. The Balaban J connectivity index is 2.18. The average Bonchev–Trinajstić information content (AvgIpc) is 3.00. The molecule has 9 heteroatoms. The molecule has 0 aliphatic rings. The minimum absolute atomic E-state index is 0.0489. The van der Waals surface area contributed by atoms with Gasteiger partial charge >= 0.3 is 17.9 Å². The van der Waals surface area contributed by atoms with Crippen molar-refractivity contribution in [3.8, 4) is 0 Å². The molecule has 2 aromatic rings. The number of anilines is 1. The normalized spacial score (nSPS) is 10.3. The van der Waals surface area contributed by atoms with E-state index in [0.29, 0.717) is 11.1 Å². The lowest BCUT2D eigenvalue weighted by Crippen LogP contribution is -2.22. The molecule has 1 aromatic carbocycles. The second-order valence-corrected chi connectivity index (χ2v) is 7.66. The number of rotatable bonds is 6. The van der Waals surface area contributed by atoms with Crippen molar-refractivity contribution in [3.05, 3.63) is 50.4 Å². The molecule has 30 heavy (non-hydrogen) atoms. The maximum Gasteiger partial charge on any atom is 0.348 e. The molecule has 0 unspecified atom stereocenters. The van der Waals surface area contributed by atoms with Crippen LogP contribution in [0, 0.1) is 27.7 Å². The molecule has 0 saturated heterocycles. The standard InChI is InChI=1S/C21H23NO7S/c1-10-7-11(2)15(12(3)8-10)20(25)29-9-14(23)22-18-16(19(24)27-5)13(4)17(30-18)21(26)28-6/h7-8H,9H2,1-6H3,(H,22,23). The number of nitrogens with one attached hydrogen (secondary N) is 1. The largest absolute Gasteiger partial charge is 0.465 e. The van der Waals surface area contributed by atoms with Gasteiger partial charge in [-0.15, -0.1) is 11.3 Å². The Kier molecular flexibility index (Phi) is 7.33. The van der Waals surface area contributed by atoms with Crippen LogP contribution in [0.1, 0.15) is 52.6 Å². The summed E-state index contributed by atoms with van der Waals surface area (Å²) in [5.74, 6) is -2.63. The molecule has 1 aromatic heterocycles. The van der Waals surface area contributed by atoms with Gasteiger partial charge in [-0.1, -0.05) is 17.7 Å². The van der Waals surface area contributed by atoms with Gasteiger partial charge in [0, 0.05) is 0 Å². The molecule has 8 nitrogen and oxygen atoms in total. The number of esters is 3. The third kappa shape index (κ3) is 4.85. The third-order valence-corrected chi connectivity index (χ3v) is 5.56. The second kappa shape index (κ2) is 9.53. The molecule has 0 aliphatic carbocycles. The first kappa shape index (κ1) is 23.1. The van der Waals surface area contributed by atoms with Crippen molar-refractivity contribution in [2.75, 3.05) is 26.1 Å². The summed E-state index contributed by atoms with van der Waals surface area (Å²) >= 11 is 0.880. The zero-order valence-electron chi connectivity index (χ0n) is 17.6. The third-order valence-electron chi connectivity index (χ3n) is 4.38. The Morgan fingerprint density at radius 1 is 0.867 bits per heavy atom. The lowest BCUT2D eigenvalue weighted by molar-refractivity contribution is -0.119. The van der Waals surface area contributed by atoms with Crippen molar-refractivity contribution in [2.45, 2.75) is 27.7 Å². The first-order valence-corrected chi connectivity index (χ1v) is 9.77. The fourth-order valence-corrected chi connectivity index (χ4v) is 4.23. The maximum atomic E-state index is 12.4. The molecular weight excluding hydrogens is 410 g/mol. The Morgan fingerprint density at radius 3 is 1.97 bits per heavy atom. The minimum Gasteiger partial charge on any atom is -0.465 e. The van der Waals surface area contributed by atoms with Crippen LogP contribution >= 0.6 is 11.3 Å². The smallest absolute Gasteiger partial charge is 0.348 e. The van der Waals surface area contributed by atoms with Crippen molar-refractivity contribution in [1.29, 1.82) is 0 Å². The number of thiophene rings is 1. The first-order valence-electron chi connectivity index (χ1n) is 8.95. The number of carbonyl (C=O) groups excluding carboxylic acids is 4. The molecule has 1 N–H and O–H groups in total. The molecule has 0 aliphatic heterocycles. The SMILES string of the molecule is COC(=O)c1sc(NC(=O)COC(=O)c2c(C)cc(C)cc2C)c(C(=O)OC)c1C. The van der Waals surface area contributed by atoms with Gasteiger partial charge in [0.1, 0.15) is 9.88 Å². The van der Waals surface area contributed by atoms with Crippen LogP contribution in [0.3, 0.4) is 0 Å². The fourth-order valence-electron chi connectivity index (χ4n) is 3.10. The van der Waals surface area contributed by atoms with Gasteiger partial charge in [0.15, 0.2) is 6.61 Å². The molecule has 160 valence electrons. The molecule has 0 bridgehead atoms. The van der Waals surface area contributed by atoms with E-state index in [1.165, 1.54) is 14.2 Å². The van der Waals surface area contributed by atoms with Crippen LogP contribution in [0.2, 0.25) is 0 Å². The van der Waals surface area contributed by atoms with Gasteiger partial charge in [-0.25, -0.2) is 14.4 Å². The van der Waals surface area contributed by atoms with Gasteiger partial charge in [0.2, 0.25) is 0 Å². The molecular formula is C21H23NO7S. The van der Waals surface area contributed by atoms with Crippen molar-refractivity contribution < 1.29 is 33.4 Å². The van der Waals surface area contributed by atoms with Gasteiger partial charge in [-0.2, -0.15) is 0 Å². The lowest BCUT2D eigenvalue weighted by atomic mass is 10.00. The summed E-state index contributed by atoms with van der Waals surface area (Å²) in [6, 6.07) is 3.71. The number of hydrogen-bond acceptors (Lipinski definition) is 8. The summed E-state index contributed by atoms with van der Waals surface area (Å²) in [5, 5.41) is 2.62. The first-order chi connectivity index (χ1) is 14.1. The maximum absolute atomic E-state index is 12.4. The minimum atomic E-state index is -0.711. The Hall–Kier alpha value is -3.20. The molecule has 0 radical (unpaired) electrons. The van der Waals surface area contributed by atoms with E-state index in [4.69, 9.17) is 14.2 Å². The average molecular weight is 433 g/mol. The summed E-state index contributed by atoms with van der Waals surface area (Å²) in [6.07, 6.45) is 0.